The first-order valence-electron chi connectivity index (χ1n) is 20.8. The first-order chi connectivity index (χ1) is 29.8. The first kappa shape index (κ1) is 33.1. The molecule has 60 heavy (non-hydrogen) atoms. The molecule has 1 aliphatic carbocycles. The predicted molar refractivity (Wildman–Crippen MR) is 253 cm³/mol. The predicted octanol–water partition coefficient (Wildman–Crippen LogP) is 15.7. The summed E-state index contributed by atoms with van der Waals surface area (Å²) in [5, 5.41) is 7.62. The van der Waals surface area contributed by atoms with Crippen LogP contribution in [-0.4, -0.2) is 9.13 Å². The number of fused-ring (bicyclic) bond motifs is 9. The van der Waals surface area contributed by atoms with Crippen LogP contribution in [-0.2, 0) is 0 Å². The van der Waals surface area contributed by atoms with E-state index in [0.717, 1.165) is 11.4 Å². The van der Waals surface area contributed by atoms with Crippen LogP contribution in [0, 0.1) is 0 Å². The summed E-state index contributed by atoms with van der Waals surface area (Å²) in [6.07, 6.45) is 0. The van der Waals surface area contributed by atoms with Crippen LogP contribution in [0.25, 0.3) is 121 Å². The number of para-hydroxylation sites is 2. The van der Waals surface area contributed by atoms with E-state index in [1.165, 1.54) is 110 Å². The van der Waals surface area contributed by atoms with Crippen LogP contribution >= 0.6 is 0 Å². The Labute approximate surface area is 347 Å². The quantitative estimate of drug-likeness (QED) is 0.165. The number of benzene rings is 10. The highest BCUT2D eigenvalue weighted by Gasteiger charge is 2.23. The lowest BCUT2D eigenvalue weighted by Crippen LogP contribution is -1.93. The smallest absolute Gasteiger partial charge is 0.0541 e. The van der Waals surface area contributed by atoms with Crippen molar-refractivity contribution >= 4 is 54.4 Å². The topological polar surface area (TPSA) is 9.86 Å². The lowest BCUT2D eigenvalue weighted by atomic mass is 9.93. The van der Waals surface area contributed by atoms with E-state index in [9.17, 15) is 0 Å². The molecule has 2 heteroatoms. The van der Waals surface area contributed by atoms with Crippen molar-refractivity contribution in [3.05, 3.63) is 218 Å². The van der Waals surface area contributed by atoms with E-state index in [2.05, 4.69) is 228 Å². The molecule has 0 saturated carbocycles. The number of nitrogens with zero attached hydrogens (tertiary/aromatic N) is 2. The van der Waals surface area contributed by atoms with Gasteiger partial charge < -0.3 is 9.13 Å². The second-order valence-corrected chi connectivity index (χ2v) is 16.1. The molecule has 0 N–H and O–H groups in total. The van der Waals surface area contributed by atoms with E-state index in [1.54, 1.807) is 0 Å². The van der Waals surface area contributed by atoms with Gasteiger partial charge >= 0.3 is 0 Å². The fourth-order valence-corrected chi connectivity index (χ4v) is 10.2. The molecular formula is C58H36N2. The lowest BCUT2D eigenvalue weighted by Gasteiger charge is -2.11. The number of hydrogen-bond donors (Lipinski definition) is 0. The molecule has 2 heterocycles. The van der Waals surface area contributed by atoms with Gasteiger partial charge in [-0.1, -0.05) is 146 Å². The van der Waals surface area contributed by atoms with Crippen LogP contribution in [0.2, 0.25) is 0 Å². The van der Waals surface area contributed by atoms with Crippen LogP contribution in [0.3, 0.4) is 0 Å². The molecule has 0 bridgehead atoms. The van der Waals surface area contributed by atoms with Gasteiger partial charge in [-0.2, -0.15) is 0 Å². The van der Waals surface area contributed by atoms with Crippen LogP contribution in [0.4, 0.5) is 0 Å². The fraction of sp³-hybridized carbons (Fsp3) is 0. The Morgan fingerprint density at radius 1 is 0.217 bits per heavy atom. The zero-order valence-corrected chi connectivity index (χ0v) is 32.7. The molecule has 0 amide bonds. The molecule has 0 saturated heterocycles. The van der Waals surface area contributed by atoms with Crippen LogP contribution in [0.1, 0.15) is 0 Å². The summed E-state index contributed by atoms with van der Waals surface area (Å²) in [6, 6.07) is 80.5. The normalized spacial score (nSPS) is 12.0. The van der Waals surface area contributed by atoms with Gasteiger partial charge in [0.1, 0.15) is 0 Å². The van der Waals surface area contributed by atoms with Crippen LogP contribution in [0.15, 0.2) is 218 Å². The van der Waals surface area contributed by atoms with Crippen molar-refractivity contribution in [1.82, 2.24) is 9.13 Å². The largest absolute Gasteiger partial charge is 0.309 e. The maximum Gasteiger partial charge on any atom is 0.0541 e. The molecule has 0 unspecified atom stereocenters. The third-order valence-corrected chi connectivity index (χ3v) is 12.9. The van der Waals surface area contributed by atoms with E-state index in [0.29, 0.717) is 0 Å². The summed E-state index contributed by atoms with van der Waals surface area (Å²) in [5.41, 5.74) is 19.7. The fourth-order valence-electron chi connectivity index (χ4n) is 10.2. The standard InChI is InChI=1S/C58H36N2/c1-4-13-37(14-5-1)38-23-29-54-50(33-38)51-34-39(24-30-55(51)59(54)42-15-6-2-7-16-42)40-25-31-56-52(35-40)53-36-41(26-32-57(53)60(56)43-17-8-3-9-18-43)44-27-28-49-46-20-11-10-19-45(46)48-22-12-21-47(44)58(48)49/h1-36H. The minimum Gasteiger partial charge on any atom is -0.309 e. The van der Waals surface area contributed by atoms with Gasteiger partial charge in [-0.3, -0.25) is 0 Å². The number of hydrogen-bond acceptors (Lipinski definition) is 0. The van der Waals surface area contributed by atoms with Gasteiger partial charge in [-0.05, 0) is 139 Å². The van der Waals surface area contributed by atoms with E-state index in [1.807, 2.05) is 0 Å². The monoisotopic (exact) mass is 760 g/mol. The molecule has 278 valence electrons. The molecule has 13 rings (SSSR count). The third kappa shape index (κ3) is 4.82. The van der Waals surface area contributed by atoms with Crippen LogP contribution < -0.4 is 0 Å². The van der Waals surface area contributed by atoms with E-state index in [4.69, 9.17) is 0 Å². The van der Waals surface area contributed by atoms with Gasteiger partial charge in [0.05, 0.1) is 22.1 Å². The maximum atomic E-state index is 2.43. The molecule has 0 atom stereocenters. The molecule has 0 radical (unpaired) electrons. The average molecular weight is 761 g/mol. The molecule has 1 aliphatic rings. The van der Waals surface area contributed by atoms with Gasteiger partial charge in [0.15, 0.2) is 0 Å². The van der Waals surface area contributed by atoms with Crippen molar-refractivity contribution < 1.29 is 0 Å². The summed E-state index contributed by atoms with van der Waals surface area (Å²) in [6.45, 7) is 0. The van der Waals surface area contributed by atoms with E-state index in [-0.39, 0.29) is 0 Å². The highest BCUT2D eigenvalue weighted by Crippen LogP contribution is 2.50. The van der Waals surface area contributed by atoms with Crippen molar-refractivity contribution in [3.8, 4) is 67.0 Å². The molecule has 0 fully saturated rings. The minimum atomic E-state index is 1.16. The van der Waals surface area contributed by atoms with Crippen molar-refractivity contribution in [3.63, 3.8) is 0 Å². The Kier molecular flexibility index (Phi) is 7.05. The second kappa shape index (κ2) is 12.8. The summed E-state index contributed by atoms with van der Waals surface area (Å²) in [7, 11) is 0. The lowest BCUT2D eigenvalue weighted by molar-refractivity contribution is 1.18. The average Bonchev–Trinajstić information content (AvgIpc) is 3.95. The van der Waals surface area contributed by atoms with Gasteiger partial charge in [0.2, 0.25) is 0 Å². The molecule has 2 aromatic heterocycles. The third-order valence-electron chi connectivity index (χ3n) is 12.9. The van der Waals surface area contributed by atoms with Gasteiger partial charge in [0, 0.05) is 32.9 Å². The summed E-state index contributed by atoms with van der Waals surface area (Å²) < 4.78 is 4.82. The summed E-state index contributed by atoms with van der Waals surface area (Å²) >= 11 is 0. The highest BCUT2D eigenvalue weighted by molar-refractivity contribution is 6.20. The number of aromatic nitrogens is 2. The summed E-state index contributed by atoms with van der Waals surface area (Å²) in [4.78, 5) is 0. The molecule has 0 aliphatic heterocycles. The van der Waals surface area contributed by atoms with Crippen molar-refractivity contribution in [1.29, 1.82) is 0 Å². The Balaban J connectivity index is 1.02. The zero-order valence-electron chi connectivity index (χ0n) is 32.7. The Morgan fingerprint density at radius 3 is 1.12 bits per heavy atom. The highest BCUT2D eigenvalue weighted by atomic mass is 15.0. The van der Waals surface area contributed by atoms with Crippen molar-refractivity contribution in [2.45, 2.75) is 0 Å². The van der Waals surface area contributed by atoms with Gasteiger partial charge in [-0.25, -0.2) is 0 Å². The number of rotatable bonds is 5. The first-order valence-corrected chi connectivity index (χ1v) is 20.8. The summed E-state index contributed by atoms with van der Waals surface area (Å²) in [5.74, 6) is 0. The molecule has 0 spiro atoms. The Bertz CT molecular complexity index is 3650. The molecule has 2 nitrogen and oxygen atoms in total. The minimum absolute atomic E-state index is 1.16. The maximum absolute atomic E-state index is 2.43. The molecule has 10 aromatic carbocycles. The van der Waals surface area contributed by atoms with Crippen molar-refractivity contribution in [2.75, 3.05) is 0 Å². The Hall–Kier alpha value is -7.94. The van der Waals surface area contributed by atoms with E-state index < -0.39 is 0 Å². The Morgan fingerprint density at radius 2 is 0.600 bits per heavy atom. The van der Waals surface area contributed by atoms with Crippen LogP contribution in [0.5, 0.6) is 0 Å². The van der Waals surface area contributed by atoms with E-state index >= 15 is 0 Å². The SMILES string of the molecule is c1ccc(-c2ccc3c(c2)c2cc(-c4ccc5c(c4)c4cc(-c6ccc7c8c(cccc68)-c6ccccc6-7)ccc4n5-c4ccccc4)ccc2n3-c2ccccc2)cc1. The zero-order chi connectivity index (χ0) is 39.3. The molecule has 12 aromatic rings. The molecular weight excluding hydrogens is 725 g/mol. The van der Waals surface area contributed by atoms with Gasteiger partial charge in [0.25, 0.3) is 0 Å². The van der Waals surface area contributed by atoms with Gasteiger partial charge in [-0.15, -0.1) is 0 Å². The second-order valence-electron chi connectivity index (χ2n) is 16.1. The van der Waals surface area contributed by atoms with Crippen molar-refractivity contribution in [2.24, 2.45) is 0 Å².